The monoisotopic (exact) mass is 230 g/mol. The molecule has 0 bridgehead atoms. The van der Waals surface area contributed by atoms with E-state index in [0.717, 1.165) is 12.3 Å². The van der Waals surface area contributed by atoms with Gasteiger partial charge in [0.2, 0.25) is 0 Å². The van der Waals surface area contributed by atoms with Gasteiger partial charge >= 0.3 is 0 Å². The number of nitrogens with two attached hydrogens (primary N) is 1. The van der Waals surface area contributed by atoms with Crippen molar-refractivity contribution in [3.63, 3.8) is 0 Å². The molecule has 0 aliphatic carbocycles. The second kappa shape index (κ2) is 5.70. The third-order valence-electron chi connectivity index (χ3n) is 1.95. The van der Waals surface area contributed by atoms with Crippen LogP contribution in [0.5, 0.6) is 5.75 Å². The minimum atomic E-state index is -0.439. The maximum Gasteiger partial charge on any atom is 0.167 e. The van der Waals surface area contributed by atoms with E-state index in [1.165, 1.54) is 13.2 Å². The SMILES string of the molecule is COc1cc(NCCSC)c(N)cc1F. The van der Waals surface area contributed by atoms with E-state index in [-0.39, 0.29) is 5.75 Å². The molecule has 1 aromatic rings. The topological polar surface area (TPSA) is 47.3 Å². The van der Waals surface area contributed by atoms with Crippen LogP contribution in [-0.2, 0) is 0 Å². The van der Waals surface area contributed by atoms with Crippen LogP contribution in [0.3, 0.4) is 0 Å². The molecular formula is C10H15FN2OS. The number of rotatable bonds is 5. The van der Waals surface area contributed by atoms with Gasteiger partial charge in [-0.15, -0.1) is 0 Å². The van der Waals surface area contributed by atoms with E-state index in [9.17, 15) is 4.39 Å². The Kier molecular flexibility index (Phi) is 4.55. The lowest BCUT2D eigenvalue weighted by molar-refractivity contribution is 0.387. The molecule has 3 nitrogen and oxygen atoms in total. The molecule has 0 fully saturated rings. The molecule has 1 rings (SSSR count). The van der Waals surface area contributed by atoms with Gasteiger partial charge in [-0.05, 0) is 6.26 Å². The van der Waals surface area contributed by atoms with Gasteiger partial charge in [-0.1, -0.05) is 0 Å². The number of anilines is 2. The van der Waals surface area contributed by atoms with Gasteiger partial charge in [0, 0.05) is 24.4 Å². The summed E-state index contributed by atoms with van der Waals surface area (Å²) in [6.07, 6.45) is 2.02. The fraction of sp³-hybridized carbons (Fsp3) is 0.400. The fourth-order valence-corrected chi connectivity index (χ4v) is 1.47. The lowest BCUT2D eigenvalue weighted by Gasteiger charge is -2.11. The van der Waals surface area contributed by atoms with Gasteiger partial charge in [-0.25, -0.2) is 4.39 Å². The third-order valence-corrected chi connectivity index (χ3v) is 2.56. The molecule has 15 heavy (non-hydrogen) atoms. The van der Waals surface area contributed by atoms with Gasteiger partial charge in [0.1, 0.15) is 0 Å². The highest BCUT2D eigenvalue weighted by Gasteiger charge is 2.07. The van der Waals surface area contributed by atoms with Gasteiger partial charge in [-0.3, -0.25) is 0 Å². The number of benzene rings is 1. The van der Waals surface area contributed by atoms with Crippen LogP contribution in [0.2, 0.25) is 0 Å². The van der Waals surface area contributed by atoms with Crippen molar-refractivity contribution in [2.45, 2.75) is 0 Å². The van der Waals surface area contributed by atoms with E-state index in [4.69, 9.17) is 10.5 Å². The Labute approximate surface area is 93.2 Å². The van der Waals surface area contributed by atoms with E-state index in [1.54, 1.807) is 17.8 Å². The zero-order valence-electron chi connectivity index (χ0n) is 8.84. The van der Waals surface area contributed by atoms with Crippen molar-refractivity contribution in [2.24, 2.45) is 0 Å². The van der Waals surface area contributed by atoms with Crippen molar-refractivity contribution >= 4 is 23.1 Å². The molecule has 0 aliphatic heterocycles. The maximum absolute atomic E-state index is 13.2. The van der Waals surface area contributed by atoms with Crippen LogP contribution in [0.25, 0.3) is 0 Å². The third kappa shape index (κ3) is 3.20. The number of hydrogen-bond acceptors (Lipinski definition) is 4. The van der Waals surface area contributed by atoms with Crippen LogP contribution in [0, 0.1) is 5.82 Å². The van der Waals surface area contributed by atoms with E-state index in [2.05, 4.69) is 5.32 Å². The lowest BCUT2D eigenvalue weighted by atomic mass is 10.2. The molecule has 3 N–H and O–H groups in total. The molecule has 0 saturated carbocycles. The van der Waals surface area contributed by atoms with Gasteiger partial charge in [0.25, 0.3) is 0 Å². The Bertz CT molecular complexity index is 333. The molecule has 0 atom stereocenters. The quantitative estimate of drug-likeness (QED) is 0.601. The van der Waals surface area contributed by atoms with Crippen LogP contribution in [0.15, 0.2) is 12.1 Å². The molecule has 0 spiro atoms. The average molecular weight is 230 g/mol. The van der Waals surface area contributed by atoms with Crippen LogP contribution >= 0.6 is 11.8 Å². The molecule has 0 aliphatic rings. The van der Waals surface area contributed by atoms with Crippen LogP contribution in [-0.4, -0.2) is 25.7 Å². The van der Waals surface area contributed by atoms with Gasteiger partial charge < -0.3 is 15.8 Å². The summed E-state index contributed by atoms with van der Waals surface area (Å²) in [5.74, 6) is 0.736. The minimum Gasteiger partial charge on any atom is -0.494 e. The summed E-state index contributed by atoms with van der Waals surface area (Å²) in [5.41, 5.74) is 6.77. The Morgan fingerprint density at radius 3 is 2.87 bits per heavy atom. The summed E-state index contributed by atoms with van der Waals surface area (Å²) in [6, 6.07) is 2.84. The molecule has 0 unspecified atom stereocenters. The molecule has 0 radical (unpaired) electrons. The van der Waals surface area contributed by atoms with Crippen LogP contribution < -0.4 is 15.8 Å². The maximum atomic E-state index is 13.2. The first kappa shape index (κ1) is 12.0. The number of halogens is 1. The second-order valence-corrected chi connectivity index (χ2v) is 3.98. The Morgan fingerprint density at radius 1 is 1.53 bits per heavy atom. The summed E-state index contributed by atoms with van der Waals surface area (Å²) in [5, 5.41) is 3.12. The van der Waals surface area contributed by atoms with Crippen molar-refractivity contribution in [2.75, 3.05) is 36.7 Å². The van der Waals surface area contributed by atoms with E-state index < -0.39 is 5.82 Å². The summed E-state index contributed by atoms with van der Waals surface area (Å²) in [6.45, 7) is 0.792. The molecule has 84 valence electrons. The minimum absolute atomic E-state index is 0.204. The summed E-state index contributed by atoms with van der Waals surface area (Å²) in [7, 11) is 1.43. The number of hydrogen-bond donors (Lipinski definition) is 2. The van der Waals surface area contributed by atoms with Gasteiger partial charge in [-0.2, -0.15) is 11.8 Å². The number of ether oxygens (including phenoxy) is 1. The fourth-order valence-electron chi connectivity index (χ4n) is 1.17. The molecule has 0 saturated heterocycles. The van der Waals surface area contributed by atoms with Crippen molar-refractivity contribution in [3.05, 3.63) is 17.9 Å². The molecule has 5 heteroatoms. The Hall–Kier alpha value is -1.10. The van der Waals surface area contributed by atoms with Crippen molar-refractivity contribution in [1.82, 2.24) is 0 Å². The summed E-state index contributed by atoms with van der Waals surface area (Å²) >= 11 is 1.73. The highest BCUT2D eigenvalue weighted by Crippen LogP contribution is 2.27. The smallest absolute Gasteiger partial charge is 0.167 e. The van der Waals surface area contributed by atoms with Gasteiger partial charge in [0.15, 0.2) is 11.6 Å². The number of thioether (sulfide) groups is 1. The van der Waals surface area contributed by atoms with Crippen molar-refractivity contribution < 1.29 is 9.13 Å². The molecule has 0 amide bonds. The standard InChI is InChI=1S/C10H15FN2OS/c1-14-10-6-9(13-3-4-15-2)8(12)5-7(10)11/h5-6,13H,3-4,12H2,1-2H3. The number of methoxy groups -OCH3 is 1. The Balaban J connectivity index is 2.78. The largest absolute Gasteiger partial charge is 0.494 e. The molecule has 1 aromatic carbocycles. The predicted octanol–water partition coefficient (Wildman–Crippen LogP) is 2.19. The van der Waals surface area contributed by atoms with E-state index >= 15 is 0 Å². The van der Waals surface area contributed by atoms with Gasteiger partial charge in [0.05, 0.1) is 18.5 Å². The van der Waals surface area contributed by atoms with Crippen LogP contribution in [0.1, 0.15) is 0 Å². The van der Waals surface area contributed by atoms with Crippen molar-refractivity contribution in [3.8, 4) is 5.75 Å². The zero-order valence-corrected chi connectivity index (χ0v) is 9.66. The average Bonchev–Trinajstić information content (AvgIpc) is 2.21. The van der Waals surface area contributed by atoms with E-state index in [0.29, 0.717) is 11.4 Å². The lowest BCUT2D eigenvalue weighted by Crippen LogP contribution is -2.07. The zero-order chi connectivity index (χ0) is 11.3. The number of nitrogen functional groups attached to an aromatic ring is 1. The van der Waals surface area contributed by atoms with Crippen molar-refractivity contribution in [1.29, 1.82) is 0 Å². The highest BCUT2D eigenvalue weighted by molar-refractivity contribution is 7.98. The molecule has 0 heterocycles. The first-order chi connectivity index (χ1) is 7.19. The summed E-state index contributed by atoms with van der Waals surface area (Å²) < 4.78 is 18.1. The molecule has 0 aromatic heterocycles. The second-order valence-electron chi connectivity index (χ2n) is 2.99. The predicted molar refractivity (Wildman–Crippen MR) is 64.2 cm³/mol. The molecular weight excluding hydrogens is 215 g/mol. The van der Waals surface area contributed by atoms with E-state index in [1.807, 2.05) is 6.26 Å². The Morgan fingerprint density at radius 2 is 2.27 bits per heavy atom. The summed E-state index contributed by atoms with van der Waals surface area (Å²) in [4.78, 5) is 0. The first-order valence-corrected chi connectivity index (χ1v) is 5.94. The van der Waals surface area contributed by atoms with Crippen LogP contribution in [0.4, 0.5) is 15.8 Å². The normalized spacial score (nSPS) is 10.1. The highest BCUT2D eigenvalue weighted by atomic mass is 32.2. The first-order valence-electron chi connectivity index (χ1n) is 4.55. The number of nitrogens with one attached hydrogen (secondary N) is 1.